The number of hydrogen-bond donors (Lipinski definition) is 1. The third-order valence-electron chi connectivity index (χ3n) is 4.59. The predicted octanol–water partition coefficient (Wildman–Crippen LogP) is 4.39. The number of nitrogens with one attached hydrogen (secondary N) is 1. The van der Waals surface area contributed by atoms with E-state index in [2.05, 4.69) is 9.71 Å². The van der Waals surface area contributed by atoms with Gasteiger partial charge in [-0.2, -0.15) is 0 Å². The number of ether oxygens (including phenoxy) is 1. The fourth-order valence-corrected chi connectivity index (χ4v) is 4.08. The number of carbonyl (C=O) groups is 1. The summed E-state index contributed by atoms with van der Waals surface area (Å²) >= 11 is 0. The first-order chi connectivity index (χ1) is 14.4. The lowest BCUT2D eigenvalue weighted by Gasteiger charge is -2.10. The number of benzene rings is 3. The van der Waals surface area contributed by atoms with Gasteiger partial charge in [-0.3, -0.25) is 4.72 Å². The zero-order valence-corrected chi connectivity index (χ0v) is 17.1. The van der Waals surface area contributed by atoms with Crippen LogP contribution >= 0.6 is 0 Å². The van der Waals surface area contributed by atoms with Gasteiger partial charge in [-0.05, 0) is 48.9 Å². The maximum atomic E-state index is 12.8. The van der Waals surface area contributed by atoms with E-state index in [1.807, 2.05) is 30.3 Å². The highest BCUT2D eigenvalue weighted by molar-refractivity contribution is 7.92. The van der Waals surface area contributed by atoms with Crippen molar-refractivity contribution >= 4 is 32.8 Å². The number of oxazole rings is 1. The highest BCUT2D eigenvalue weighted by Crippen LogP contribution is 2.27. The predicted molar refractivity (Wildman–Crippen MR) is 113 cm³/mol. The molecule has 0 spiro atoms. The Morgan fingerprint density at radius 3 is 2.53 bits per heavy atom. The molecule has 0 fully saturated rings. The molecule has 0 aliphatic rings. The van der Waals surface area contributed by atoms with Gasteiger partial charge in [-0.1, -0.05) is 24.3 Å². The topological polar surface area (TPSA) is 98.5 Å². The molecule has 152 valence electrons. The van der Waals surface area contributed by atoms with E-state index in [4.69, 9.17) is 9.15 Å². The van der Waals surface area contributed by atoms with Crippen LogP contribution in [0.3, 0.4) is 0 Å². The summed E-state index contributed by atoms with van der Waals surface area (Å²) in [5, 5.41) is 0. The Morgan fingerprint density at radius 1 is 1.03 bits per heavy atom. The second-order valence-corrected chi connectivity index (χ2v) is 8.32. The maximum Gasteiger partial charge on any atom is 0.338 e. The van der Waals surface area contributed by atoms with E-state index >= 15 is 0 Å². The first-order valence-corrected chi connectivity index (χ1v) is 10.5. The molecule has 4 rings (SSSR count). The number of carbonyl (C=O) groups excluding carboxylic acids is 1. The molecular formula is C22H18N2O5S. The van der Waals surface area contributed by atoms with Crippen molar-refractivity contribution in [3.8, 4) is 11.5 Å². The molecule has 0 saturated carbocycles. The molecule has 0 atom stereocenters. The van der Waals surface area contributed by atoms with Crippen LogP contribution in [0.5, 0.6) is 0 Å². The molecule has 30 heavy (non-hydrogen) atoms. The molecule has 1 aromatic heterocycles. The Kier molecular flexibility index (Phi) is 5.01. The van der Waals surface area contributed by atoms with Crippen molar-refractivity contribution in [2.24, 2.45) is 0 Å². The molecule has 0 aliphatic carbocycles. The summed E-state index contributed by atoms with van der Waals surface area (Å²) in [5.41, 5.74) is 3.02. The highest BCUT2D eigenvalue weighted by atomic mass is 32.2. The second kappa shape index (κ2) is 7.64. The minimum atomic E-state index is -3.93. The van der Waals surface area contributed by atoms with Crippen LogP contribution in [0, 0.1) is 6.92 Å². The van der Waals surface area contributed by atoms with E-state index in [-0.39, 0.29) is 10.5 Å². The molecule has 0 amide bonds. The maximum absolute atomic E-state index is 12.8. The summed E-state index contributed by atoms with van der Waals surface area (Å²) in [6.45, 7) is 1.71. The molecule has 1 heterocycles. The van der Waals surface area contributed by atoms with E-state index in [0.717, 1.165) is 5.56 Å². The Morgan fingerprint density at radius 2 is 1.80 bits per heavy atom. The number of rotatable bonds is 5. The zero-order chi connectivity index (χ0) is 21.3. The largest absolute Gasteiger partial charge is 0.465 e. The Labute approximate surface area is 173 Å². The molecule has 4 aromatic rings. The molecule has 0 unspecified atom stereocenters. The van der Waals surface area contributed by atoms with E-state index in [0.29, 0.717) is 28.2 Å². The molecular weight excluding hydrogens is 404 g/mol. The molecule has 3 aromatic carbocycles. The van der Waals surface area contributed by atoms with Gasteiger partial charge in [0, 0.05) is 11.6 Å². The lowest BCUT2D eigenvalue weighted by Crippen LogP contribution is -2.14. The van der Waals surface area contributed by atoms with Crippen molar-refractivity contribution in [2.75, 3.05) is 11.8 Å². The van der Waals surface area contributed by atoms with Crippen LogP contribution in [-0.4, -0.2) is 26.5 Å². The van der Waals surface area contributed by atoms with Gasteiger partial charge in [0.1, 0.15) is 5.52 Å². The zero-order valence-electron chi connectivity index (χ0n) is 16.2. The molecule has 0 aliphatic heterocycles. The Hall–Kier alpha value is -3.65. The fraction of sp³-hybridized carbons (Fsp3) is 0.0909. The quantitative estimate of drug-likeness (QED) is 0.479. The van der Waals surface area contributed by atoms with Gasteiger partial charge in [-0.15, -0.1) is 0 Å². The normalized spacial score (nSPS) is 11.4. The van der Waals surface area contributed by atoms with E-state index in [9.17, 15) is 13.2 Å². The number of sulfonamides is 1. The summed E-state index contributed by atoms with van der Waals surface area (Å²) in [6.07, 6.45) is 0. The van der Waals surface area contributed by atoms with Crippen molar-refractivity contribution in [3.63, 3.8) is 0 Å². The number of fused-ring (bicyclic) bond motifs is 1. The molecule has 0 bridgehead atoms. The number of aromatic nitrogens is 1. The average molecular weight is 422 g/mol. The van der Waals surface area contributed by atoms with Crippen LogP contribution < -0.4 is 4.72 Å². The van der Waals surface area contributed by atoms with Gasteiger partial charge in [0.15, 0.2) is 5.58 Å². The van der Waals surface area contributed by atoms with Crippen LogP contribution in [0.4, 0.5) is 5.69 Å². The van der Waals surface area contributed by atoms with Gasteiger partial charge >= 0.3 is 5.97 Å². The molecule has 7 nitrogen and oxygen atoms in total. The number of aryl methyl sites for hydroxylation is 1. The first-order valence-electron chi connectivity index (χ1n) is 9.05. The van der Waals surface area contributed by atoms with Crippen molar-refractivity contribution in [3.05, 3.63) is 77.9 Å². The third kappa shape index (κ3) is 3.77. The SMILES string of the molecule is COC(=O)c1cc(S(=O)(=O)Nc2ccc3nc(-c4ccccc4)oc3c2)ccc1C. The van der Waals surface area contributed by atoms with Gasteiger partial charge in [0.05, 0.1) is 23.3 Å². The summed E-state index contributed by atoms with van der Waals surface area (Å²) in [6, 6.07) is 18.6. The number of hydrogen-bond acceptors (Lipinski definition) is 6. The van der Waals surface area contributed by atoms with Crippen LogP contribution in [-0.2, 0) is 14.8 Å². The van der Waals surface area contributed by atoms with Crippen LogP contribution in [0.25, 0.3) is 22.6 Å². The first kappa shape index (κ1) is 19.7. The van der Waals surface area contributed by atoms with Crippen molar-refractivity contribution in [1.82, 2.24) is 4.98 Å². The van der Waals surface area contributed by atoms with E-state index in [1.165, 1.54) is 19.2 Å². The van der Waals surface area contributed by atoms with Crippen LogP contribution in [0.2, 0.25) is 0 Å². The third-order valence-corrected chi connectivity index (χ3v) is 5.97. The molecule has 0 saturated heterocycles. The molecule has 1 N–H and O–H groups in total. The highest BCUT2D eigenvalue weighted by Gasteiger charge is 2.19. The monoisotopic (exact) mass is 422 g/mol. The lowest BCUT2D eigenvalue weighted by molar-refractivity contribution is 0.0599. The average Bonchev–Trinajstić information content (AvgIpc) is 3.17. The van der Waals surface area contributed by atoms with Crippen LogP contribution in [0.1, 0.15) is 15.9 Å². The number of anilines is 1. The van der Waals surface area contributed by atoms with Crippen molar-refractivity contribution in [1.29, 1.82) is 0 Å². The standard InChI is InChI=1S/C22H18N2O5S/c1-14-8-10-17(13-18(14)22(25)28-2)30(26,27)24-16-9-11-19-20(12-16)29-21(23-19)15-6-4-3-5-7-15/h3-13,24H,1-2H3. The molecule has 8 heteroatoms. The van der Waals surface area contributed by atoms with Crippen LogP contribution in [0.15, 0.2) is 76.0 Å². The Balaban J connectivity index is 1.65. The van der Waals surface area contributed by atoms with E-state index < -0.39 is 16.0 Å². The second-order valence-electron chi connectivity index (χ2n) is 6.64. The number of esters is 1. The van der Waals surface area contributed by atoms with Gasteiger partial charge < -0.3 is 9.15 Å². The minimum absolute atomic E-state index is 0.0452. The molecule has 0 radical (unpaired) electrons. The van der Waals surface area contributed by atoms with E-state index in [1.54, 1.807) is 31.2 Å². The Bertz CT molecular complexity index is 1340. The minimum Gasteiger partial charge on any atom is -0.465 e. The van der Waals surface area contributed by atoms with Crippen molar-refractivity contribution in [2.45, 2.75) is 11.8 Å². The van der Waals surface area contributed by atoms with Crippen molar-refractivity contribution < 1.29 is 22.4 Å². The lowest BCUT2D eigenvalue weighted by atomic mass is 10.1. The summed E-state index contributed by atoms with van der Waals surface area (Å²) in [4.78, 5) is 16.3. The summed E-state index contributed by atoms with van der Waals surface area (Å²) < 4.78 is 38.7. The summed E-state index contributed by atoms with van der Waals surface area (Å²) in [7, 11) is -2.68. The number of methoxy groups -OCH3 is 1. The fourth-order valence-electron chi connectivity index (χ4n) is 3.00. The smallest absolute Gasteiger partial charge is 0.338 e. The van der Waals surface area contributed by atoms with Gasteiger partial charge in [-0.25, -0.2) is 18.2 Å². The van der Waals surface area contributed by atoms with Gasteiger partial charge in [0.25, 0.3) is 10.0 Å². The van der Waals surface area contributed by atoms with Gasteiger partial charge in [0.2, 0.25) is 5.89 Å². The summed E-state index contributed by atoms with van der Waals surface area (Å²) in [5.74, 6) is -0.145. The number of nitrogens with zero attached hydrogens (tertiary/aromatic N) is 1.